The zero-order valence-electron chi connectivity index (χ0n) is 17.4. The Morgan fingerprint density at radius 2 is 2.03 bits per heavy atom. The highest BCUT2D eigenvalue weighted by Crippen LogP contribution is 2.37. The number of aromatic nitrogens is 1. The van der Waals surface area contributed by atoms with Gasteiger partial charge in [-0.3, -0.25) is 4.79 Å². The van der Waals surface area contributed by atoms with E-state index in [1.54, 1.807) is 13.0 Å². The predicted molar refractivity (Wildman–Crippen MR) is 113 cm³/mol. The van der Waals surface area contributed by atoms with Crippen molar-refractivity contribution in [3.05, 3.63) is 39.0 Å². The molecule has 1 N–H and O–H groups in total. The Balaban J connectivity index is 1.72. The third kappa shape index (κ3) is 4.23. The molecule has 154 valence electrons. The van der Waals surface area contributed by atoms with Crippen molar-refractivity contribution in [3.63, 3.8) is 0 Å². The van der Waals surface area contributed by atoms with Crippen molar-refractivity contribution >= 4 is 28.2 Å². The number of hydrogen-bond acceptors (Lipinski definition) is 5. The lowest BCUT2D eigenvalue weighted by Gasteiger charge is -2.13. The average molecular weight is 414 g/mol. The van der Waals surface area contributed by atoms with Gasteiger partial charge in [-0.2, -0.15) is 5.26 Å². The Kier molecular flexibility index (Phi) is 6.43. The molecule has 0 radical (unpaired) electrons. The Hall–Kier alpha value is -2.59. The molecule has 0 unspecified atom stereocenters. The molecule has 0 saturated carbocycles. The zero-order chi connectivity index (χ0) is 21.1. The number of nitriles is 1. The van der Waals surface area contributed by atoms with Crippen molar-refractivity contribution in [1.29, 1.82) is 5.26 Å². The number of carbonyl (C=O) groups excluding carboxylic acids is 2. The van der Waals surface area contributed by atoms with E-state index in [-0.39, 0.29) is 0 Å². The van der Waals surface area contributed by atoms with Crippen LogP contribution in [0.2, 0.25) is 0 Å². The summed E-state index contributed by atoms with van der Waals surface area (Å²) >= 11 is 1.47. The van der Waals surface area contributed by atoms with Crippen LogP contribution in [0.5, 0.6) is 0 Å². The number of amides is 1. The lowest BCUT2D eigenvalue weighted by atomic mass is 10.1. The Bertz CT molecular complexity index is 981. The number of nitrogens with zero attached hydrogens (tertiary/aromatic N) is 2. The Morgan fingerprint density at radius 1 is 1.31 bits per heavy atom. The second kappa shape index (κ2) is 8.83. The van der Waals surface area contributed by atoms with Crippen LogP contribution in [0, 0.1) is 25.2 Å². The van der Waals surface area contributed by atoms with E-state index in [1.165, 1.54) is 22.6 Å². The van der Waals surface area contributed by atoms with E-state index < -0.39 is 18.0 Å². The fourth-order valence-corrected chi connectivity index (χ4v) is 5.18. The minimum absolute atomic E-state index is 0.421. The number of hydrogen-bond donors (Lipinski definition) is 1. The fraction of sp³-hybridized carbons (Fsp3) is 0.500. The predicted octanol–water partition coefficient (Wildman–Crippen LogP) is 4.51. The molecule has 0 spiro atoms. The lowest BCUT2D eigenvalue weighted by molar-refractivity contribution is -0.123. The first-order valence-corrected chi connectivity index (χ1v) is 10.9. The molecule has 0 aliphatic heterocycles. The number of aryl methyl sites for hydroxylation is 2. The topological polar surface area (TPSA) is 84.1 Å². The minimum atomic E-state index is -0.958. The van der Waals surface area contributed by atoms with Crippen molar-refractivity contribution in [2.75, 3.05) is 5.32 Å². The van der Waals surface area contributed by atoms with Crippen LogP contribution in [0.4, 0.5) is 5.00 Å². The summed E-state index contributed by atoms with van der Waals surface area (Å²) in [4.78, 5) is 26.4. The largest absolute Gasteiger partial charge is 0.449 e. The van der Waals surface area contributed by atoms with Crippen molar-refractivity contribution in [3.8, 4) is 6.07 Å². The van der Waals surface area contributed by atoms with Crippen LogP contribution < -0.4 is 5.32 Å². The highest BCUT2D eigenvalue weighted by atomic mass is 32.1. The molecular formula is C22H27N3O3S. The van der Waals surface area contributed by atoms with Crippen molar-refractivity contribution in [2.24, 2.45) is 0 Å². The number of nitrogens with one attached hydrogen (secondary N) is 1. The summed E-state index contributed by atoms with van der Waals surface area (Å²) in [5.41, 5.74) is 3.92. The monoisotopic (exact) mass is 413 g/mol. The van der Waals surface area contributed by atoms with Gasteiger partial charge in [0.25, 0.3) is 5.91 Å². The molecule has 0 aromatic carbocycles. The summed E-state index contributed by atoms with van der Waals surface area (Å²) in [6.07, 6.45) is 4.20. The quantitative estimate of drug-likeness (QED) is 0.577. The third-order valence-electron chi connectivity index (χ3n) is 5.53. The molecule has 2 heterocycles. The summed E-state index contributed by atoms with van der Waals surface area (Å²) in [5.74, 6) is -0.932. The standard InChI is InChI=1S/C22H27N3O3S/c1-5-25-13(2)11-17(14(25)3)22(27)28-15(4)20(26)24-21-18(12-23)16-9-7-6-8-10-19(16)29-21/h11,15H,5-10H2,1-4H3,(H,24,26)/t15-/m1/s1. The van der Waals surface area contributed by atoms with Crippen molar-refractivity contribution in [2.45, 2.75) is 72.4 Å². The van der Waals surface area contributed by atoms with Gasteiger partial charge in [-0.15, -0.1) is 11.3 Å². The summed E-state index contributed by atoms with van der Waals surface area (Å²) in [5, 5.41) is 13.0. The number of carbonyl (C=O) groups is 2. The van der Waals surface area contributed by atoms with Crippen LogP contribution in [0.25, 0.3) is 0 Å². The highest BCUT2D eigenvalue weighted by molar-refractivity contribution is 7.16. The SMILES string of the molecule is CCn1c(C)cc(C(=O)O[C@H](C)C(=O)Nc2sc3c(c2C#N)CCCCC3)c1C. The van der Waals surface area contributed by atoms with Gasteiger partial charge >= 0.3 is 5.97 Å². The summed E-state index contributed by atoms with van der Waals surface area (Å²) in [6, 6.07) is 4.04. The molecular weight excluding hydrogens is 386 g/mol. The number of esters is 1. The van der Waals surface area contributed by atoms with Gasteiger partial charge < -0.3 is 14.6 Å². The molecule has 0 fully saturated rings. The number of thiophene rings is 1. The van der Waals surface area contributed by atoms with Gasteiger partial charge in [0.05, 0.1) is 11.1 Å². The molecule has 6 nitrogen and oxygen atoms in total. The Labute approximate surface area is 175 Å². The van der Waals surface area contributed by atoms with Crippen LogP contribution >= 0.6 is 11.3 Å². The summed E-state index contributed by atoms with van der Waals surface area (Å²) in [6.45, 7) is 8.14. The van der Waals surface area contributed by atoms with E-state index in [1.807, 2.05) is 25.3 Å². The molecule has 2 aromatic rings. The van der Waals surface area contributed by atoms with Gasteiger partial charge in [0.1, 0.15) is 11.1 Å². The highest BCUT2D eigenvalue weighted by Gasteiger charge is 2.25. The van der Waals surface area contributed by atoms with Gasteiger partial charge in [0.15, 0.2) is 6.10 Å². The van der Waals surface area contributed by atoms with Gasteiger partial charge in [-0.1, -0.05) is 6.42 Å². The first kappa shape index (κ1) is 21.1. The van der Waals surface area contributed by atoms with Gasteiger partial charge in [-0.25, -0.2) is 4.79 Å². The van der Waals surface area contributed by atoms with E-state index in [0.29, 0.717) is 16.1 Å². The van der Waals surface area contributed by atoms with Crippen molar-refractivity contribution in [1.82, 2.24) is 4.57 Å². The smallest absolute Gasteiger partial charge is 0.340 e. The minimum Gasteiger partial charge on any atom is -0.449 e. The number of rotatable bonds is 5. The number of ether oxygens (including phenoxy) is 1. The van der Waals surface area contributed by atoms with Gasteiger partial charge in [-0.05, 0) is 65.0 Å². The molecule has 0 saturated heterocycles. The number of anilines is 1. The molecule has 1 atom stereocenters. The lowest BCUT2D eigenvalue weighted by Crippen LogP contribution is -2.30. The molecule has 1 aliphatic carbocycles. The maximum absolute atomic E-state index is 12.6. The van der Waals surface area contributed by atoms with E-state index in [0.717, 1.165) is 49.2 Å². The van der Waals surface area contributed by atoms with E-state index >= 15 is 0 Å². The fourth-order valence-electron chi connectivity index (χ4n) is 3.93. The maximum Gasteiger partial charge on any atom is 0.340 e. The van der Waals surface area contributed by atoms with Gasteiger partial charge in [0.2, 0.25) is 0 Å². The normalized spacial score (nSPS) is 14.4. The third-order valence-corrected chi connectivity index (χ3v) is 6.74. The Morgan fingerprint density at radius 3 is 2.69 bits per heavy atom. The number of fused-ring (bicyclic) bond motifs is 1. The van der Waals surface area contributed by atoms with E-state index in [4.69, 9.17) is 4.74 Å². The van der Waals surface area contributed by atoms with Crippen LogP contribution in [0.3, 0.4) is 0 Å². The summed E-state index contributed by atoms with van der Waals surface area (Å²) in [7, 11) is 0. The molecule has 1 amide bonds. The molecule has 0 bridgehead atoms. The maximum atomic E-state index is 12.6. The molecule has 3 rings (SSSR count). The van der Waals surface area contributed by atoms with E-state index in [9.17, 15) is 14.9 Å². The molecule has 2 aromatic heterocycles. The van der Waals surface area contributed by atoms with Crippen LogP contribution in [0.1, 0.15) is 70.9 Å². The second-order valence-corrected chi connectivity index (χ2v) is 8.55. The van der Waals surface area contributed by atoms with Crippen LogP contribution in [-0.2, 0) is 28.9 Å². The van der Waals surface area contributed by atoms with Crippen molar-refractivity contribution < 1.29 is 14.3 Å². The first-order chi connectivity index (χ1) is 13.9. The molecule has 1 aliphatic rings. The average Bonchev–Trinajstić information content (AvgIpc) is 3.05. The van der Waals surface area contributed by atoms with Crippen LogP contribution in [0.15, 0.2) is 6.07 Å². The van der Waals surface area contributed by atoms with Gasteiger partial charge in [0, 0.05) is 22.8 Å². The zero-order valence-corrected chi connectivity index (χ0v) is 18.2. The summed E-state index contributed by atoms with van der Waals surface area (Å²) < 4.78 is 7.44. The molecule has 7 heteroatoms. The van der Waals surface area contributed by atoms with E-state index in [2.05, 4.69) is 11.4 Å². The molecule has 29 heavy (non-hydrogen) atoms. The van der Waals surface area contributed by atoms with Crippen LogP contribution in [-0.4, -0.2) is 22.5 Å². The first-order valence-electron chi connectivity index (χ1n) is 10.1. The second-order valence-electron chi connectivity index (χ2n) is 7.45.